The molecule has 0 aromatic heterocycles. The van der Waals surface area contributed by atoms with Gasteiger partial charge in [0.05, 0.1) is 8.07 Å². The van der Waals surface area contributed by atoms with Gasteiger partial charge in [-0.05, 0) is 39.2 Å². The Kier molecular flexibility index (Phi) is 8.18. The largest absolute Gasteiger partial charge is 0.201 e. The third-order valence-corrected chi connectivity index (χ3v) is 16.9. The molecule has 1 heterocycles. The van der Waals surface area contributed by atoms with E-state index in [4.69, 9.17) is 0 Å². The summed E-state index contributed by atoms with van der Waals surface area (Å²) in [6.45, 7) is 7.74. The molecule has 0 radical (unpaired) electrons. The average molecular weight is 561 g/mol. The van der Waals surface area contributed by atoms with Crippen molar-refractivity contribution in [1.82, 2.24) is 0 Å². The molecule has 2 atom stereocenters. The van der Waals surface area contributed by atoms with Crippen LogP contribution in [0.2, 0.25) is 18.1 Å². The summed E-state index contributed by atoms with van der Waals surface area (Å²) < 4.78 is 0. The fourth-order valence-corrected chi connectivity index (χ4v) is 14.3. The van der Waals surface area contributed by atoms with Gasteiger partial charge in [-0.15, -0.1) is 0 Å². The fraction of sp³-hybridized carbons (Fsp3) is 0.200. The highest BCUT2D eigenvalue weighted by molar-refractivity contribution is 7.03. The van der Waals surface area contributed by atoms with E-state index in [0.29, 0.717) is 0 Å². The van der Waals surface area contributed by atoms with Crippen molar-refractivity contribution in [1.29, 1.82) is 0 Å². The summed E-state index contributed by atoms with van der Waals surface area (Å²) in [6, 6.07) is 60.9. The maximum atomic E-state index is 2.49. The minimum Gasteiger partial charge on any atom is -0.0780 e. The van der Waals surface area contributed by atoms with Crippen molar-refractivity contribution in [3.8, 4) is 0 Å². The van der Waals surface area contributed by atoms with Gasteiger partial charge >= 0.3 is 0 Å². The predicted octanol–water partition coefficient (Wildman–Crippen LogP) is 9.86. The zero-order chi connectivity index (χ0) is 29.0. The summed E-state index contributed by atoms with van der Waals surface area (Å²) in [5.74, 6) is 0.211. The topological polar surface area (TPSA) is 0 Å². The van der Waals surface area contributed by atoms with Crippen LogP contribution in [0.3, 0.4) is 0 Å². The first-order valence-corrected chi connectivity index (χ1v) is 18.3. The molecule has 5 aromatic carbocycles. The monoisotopic (exact) mass is 560 g/mol. The molecule has 42 heavy (non-hydrogen) atoms. The van der Waals surface area contributed by atoms with Crippen LogP contribution in [0.1, 0.15) is 48.8 Å². The Morgan fingerprint density at radius 2 is 0.952 bits per heavy atom. The van der Waals surface area contributed by atoms with E-state index in [9.17, 15) is 0 Å². The fourth-order valence-electron chi connectivity index (χ4n) is 8.50. The highest BCUT2D eigenvalue weighted by Gasteiger charge is 2.66. The van der Waals surface area contributed by atoms with Crippen molar-refractivity contribution in [3.05, 3.63) is 174 Å². The first-order valence-electron chi connectivity index (χ1n) is 15.7. The van der Waals surface area contributed by atoms with E-state index in [1.807, 2.05) is 0 Å². The van der Waals surface area contributed by atoms with Crippen LogP contribution in [0.15, 0.2) is 152 Å². The molecule has 208 valence electrons. The number of allylic oxidation sites excluding steroid dienone is 2. The zero-order valence-corrected chi connectivity index (χ0v) is 26.2. The predicted molar refractivity (Wildman–Crippen MR) is 186 cm³/mol. The van der Waals surface area contributed by atoms with Gasteiger partial charge in [0.25, 0.3) is 0 Å². The molecule has 0 fully saturated rings. The van der Waals surface area contributed by atoms with E-state index in [2.05, 4.69) is 172 Å². The Morgan fingerprint density at radius 3 is 1.45 bits per heavy atom. The van der Waals surface area contributed by atoms with Gasteiger partial charge in [-0.3, -0.25) is 0 Å². The molecule has 0 aliphatic carbocycles. The van der Waals surface area contributed by atoms with Gasteiger partial charge in [-0.2, -0.15) is 0 Å². The first-order chi connectivity index (χ1) is 20.7. The zero-order valence-electron chi connectivity index (χ0n) is 25.2. The van der Waals surface area contributed by atoms with E-state index in [0.717, 1.165) is 0 Å². The van der Waals surface area contributed by atoms with Crippen LogP contribution in [-0.4, -0.2) is 14.8 Å². The van der Waals surface area contributed by atoms with Crippen molar-refractivity contribution in [2.24, 2.45) is 0 Å². The first kappa shape index (κ1) is 28.3. The van der Waals surface area contributed by atoms with Gasteiger partial charge in [0.15, 0.2) is 0 Å². The molecule has 0 amide bonds. The molecule has 1 aliphatic heterocycles. The molecule has 0 spiro atoms. The molecule has 5 aromatic rings. The van der Waals surface area contributed by atoms with Crippen LogP contribution in [0.25, 0.3) is 11.1 Å². The number of benzene rings is 5. The van der Waals surface area contributed by atoms with Crippen LogP contribution in [-0.2, 0) is 4.94 Å². The van der Waals surface area contributed by atoms with Gasteiger partial charge in [0.1, 0.15) is 0 Å². The van der Waals surface area contributed by atoms with E-state index >= 15 is 0 Å². The Labute approximate surface area is 254 Å². The molecule has 0 N–H and O–H groups in total. The summed E-state index contributed by atoms with van der Waals surface area (Å²) >= 11 is 0. The maximum absolute atomic E-state index is 2.49. The van der Waals surface area contributed by atoms with Gasteiger partial charge < -0.3 is 0 Å². The standard InChI is InChI=1S/C40H41BSi/c1-4-42(5-2,6-3)40(35-28-18-10-19-29-35)38(33-24-14-8-15-25-33)37(32-22-12-7-13-23-32)39(34-26-16-9-17-27-34)41(40)36-30-20-11-21-31-36/h7-31,39H,4-6H2,1-3H3/t39-,40-/m0/s1. The molecule has 6 rings (SSSR count). The van der Waals surface area contributed by atoms with E-state index in [1.165, 1.54) is 51.4 Å². The Bertz CT molecular complexity index is 1600. The Balaban J connectivity index is 1.89. The smallest absolute Gasteiger partial charge is 0.0780 e. The maximum Gasteiger partial charge on any atom is 0.201 e. The van der Waals surface area contributed by atoms with Crippen LogP contribution in [0.4, 0.5) is 0 Å². The average Bonchev–Trinajstić information content (AvgIpc) is 3.41. The lowest BCUT2D eigenvalue weighted by molar-refractivity contribution is 0.944. The highest BCUT2D eigenvalue weighted by Crippen LogP contribution is 2.63. The summed E-state index contributed by atoms with van der Waals surface area (Å²) in [6.07, 6.45) is 0. The summed E-state index contributed by atoms with van der Waals surface area (Å²) in [5, 5.41) is 0. The molecular formula is C40H41BSi. The summed E-state index contributed by atoms with van der Waals surface area (Å²) in [7, 11) is -2.07. The molecule has 1 aliphatic rings. The third-order valence-electron chi connectivity index (χ3n) is 10.3. The minimum atomic E-state index is -2.07. The number of hydrogen-bond acceptors (Lipinski definition) is 0. The van der Waals surface area contributed by atoms with Crippen molar-refractivity contribution in [3.63, 3.8) is 0 Å². The van der Waals surface area contributed by atoms with Crippen LogP contribution < -0.4 is 5.46 Å². The van der Waals surface area contributed by atoms with Crippen molar-refractivity contribution in [2.75, 3.05) is 0 Å². The third kappa shape index (κ3) is 4.44. The van der Waals surface area contributed by atoms with Crippen molar-refractivity contribution < 1.29 is 0 Å². The van der Waals surface area contributed by atoms with Gasteiger partial charge in [0, 0.05) is 4.94 Å². The van der Waals surface area contributed by atoms with Crippen molar-refractivity contribution in [2.45, 2.75) is 49.7 Å². The molecule has 0 bridgehead atoms. The SMILES string of the molecule is CC[Si](CC)(CC)[C@]1(c2ccccc2)B(c2ccccc2)[C@@H](c2ccccc2)C(c2ccccc2)=C1c1ccccc1. The van der Waals surface area contributed by atoms with Crippen LogP contribution >= 0.6 is 0 Å². The minimum absolute atomic E-state index is 0.138. The molecule has 0 saturated carbocycles. The molecular weight excluding hydrogens is 519 g/mol. The molecule has 0 nitrogen and oxygen atoms in total. The highest BCUT2D eigenvalue weighted by atomic mass is 28.3. The lowest BCUT2D eigenvalue weighted by Crippen LogP contribution is -2.66. The quantitative estimate of drug-likeness (QED) is 0.157. The van der Waals surface area contributed by atoms with Crippen molar-refractivity contribution >= 4 is 31.4 Å². The van der Waals surface area contributed by atoms with Gasteiger partial charge in [-0.1, -0.05) is 196 Å². The second-order valence-electron chi connectivity index (χ2n) is 11.8. The second kappa shape index (κ2) is 12.2. The molecule has 2 heteroatoms. The van der Waals surface area contributed by atoms with E-state index in [-0.39, 0.29) is 17.5 Å². The van der Waals surface area contributed by atoms with E-state index in [1.54, 1.807) is 5.57 Å². The lowest BCUT2D eigenvalue weighted by Gasteiger charge is -2.53. The molecule has 0 saturated heterocycles. The Morgan fingerprint density at radius 1 is 0.524 bits per heavy atom. The van der Waals surface area contributed by atoms with Gasteiger partial charge in [-0.25, -0.2) is 0 Å². The lowest BCUT2D eigenvalue weighted by atomic mass is 9.29. The van der Waals surface area contributed by atoms with Crippen LogP contribution in [0.5, 0.6) is 0 Å². The second-order valence-corrected chi connectivity index (χ2v) is 17.3. The normalized spacial score (nSPS) is 18.8. The number of rotatable bonds is 9. The van der Waals surface area contributed by atoms with E-state index < -0.39 is 8.07 Å². The molecule has 0 unspecified atom stereocenters. The summed E-state index contributed by atoms with van der Waals surface area (Å²) in [4.78, 5) is -0.138. The Hall–Kier alpha value is -3.88. The summed E-state index contributed by atoms with van der Waals surface area (Å²) in [5.41, 5.74) is 10.1. The van der Waals surface area contributed by atoms with Crippen LogP contribution in [0, 0.1) is 0 Å². The van der Waals surface area contributed by atoms with Gasteiger partial charge in [0.2, 0.25) is 6.71 Å². The number of hydrogen-bond donors (Lipinski definition) is 0.